The fourth-order valence-corrected chi connectivity index (χ4v) is 8.24. The number of hydrogen-bond acceptors (Lipinski definition) is 2. The molecule has 0 amide bonds. The fourth-order valence-electron chi connectivity index (χ4n) is 8.24. The van der Waals surface area contributed by atoms with Crippen LogP contribution < -0.4 is 0 Å². The molecule has 0 aromatic heterocycles. The minimum Gasteiger partial charge on any atom is -0.374 e. The molecule has 0 aromatic carbocycles. The smallest absolute Gasteiger partial charge is 0.0630 e. The second kappa shape index (κ2) is 11.1. The van der Waals surface area contributed by atoms with Crippen molar-refractivity contribution in [2.75, 3.05) is 0 Å². The third kappa shape index (κ3) is 6.12. The van der Waals surface area contributed by atoms with Gasteiger partial charge in [0, 0.05) is 0 Å². The van der Waals surface area contributed by atoms with E-state index in [1.165, 1.54) is 77.0 Å². The Morgan fingerprint density at radius 1 is 0.406 bits per heavy atom. The molecule has 0 spiro atoms. The Kier molecular flexibility index (Phi) is 8.69. The maximum Gasteiger partial charge on any atom is 0.0630 e. The summed E-state index contributed by atoms with van der Waals surface area (Å²) < 4.78 is 13.5. The minimum atomic E-state index is 0.493. The van der Waals surface area contributed by atoms with E-state index in [0.717, 1.165) is 23.7 Å². The minimum absolute atomic E-state index is 0.493. The zero-order valence-electron chi connectivity index (χ0n) is 22.2. The van der Waals surface area contributed by atoms with Crippen LogP contribution in [0.5, 0.6) is 0 Å². The van der Waals surface area contributed by atoms with Gasteiger partial charge < -0.3 is 9.47 Å². The van der Waals surface area contributed by atoms with Crippen molar-refractivity contribution in [1.29, 1.82) is 0 Å². The van der Waals surface area contributed by atoms with Gasteiger partial charge in [-0.25, -0.2) is 0 Å². The summed E-state index contributed by atoms with van der Waals surface area (Å²) >= 11 is 0. The highest BCUT2D eigenvalue weighted by Gasteiger charge is 2.43. The van der Waals surface area contributed by atoms with Crippen molar-refractivity contribution >= 4 is 0 Å². The summed E-state index contributed by atoms with van der Waals surface area (Å²) in [6.45, 7) is 14.8. The standard InChI is InChI=1S/C30H54O2/c1-19-7-11-27(12-8-19)31-29-21(3)15-25(16-22(29)4)26-17-23(5)30(24(6)18-26)32-28-13-9-20(2)10-14-28/h19-30H,7-18H2,1-6H3. The highest BCUT2D eigenvalue weighted by molar-refractivity contribution is 4.92. The lowest BCUT2D eigenvalue weighted by Gasteiger charge is -2.48. The van der Waals surface area contributed by atoms with Crippen LogP contribution in [0.15, 0.2) is 0 Å². The summed E-state index contributed by atoms with van der Waals surface area (Å²) in [5.74, 6) is 6.47. The van der Waals surface area contributed by atoms with Crippen molar-refractivity contribution in [3.8, 4) is 0 Å². The van der Waals surface area contributed by atoms with Crippen molar-refractivity contribution in [3.63, 3.8) is 0 Å². The molecule has 4 aliphatic rings. The number of rotatable bonds is 5. The van der Waals surface area contributed by atoms with Crippen LogP contribution in [-0.2, 0) is 9.47 Å². The maximum atomic E-state index is 6.77. The van der Waals surface area contributed by atoms with E-state index in [4.69, 9.17) is 9.47 Å². The van der Waals surface area contributed by atoms with E-state index in [1.807, 2.05) is 0 Å². The van der Waals surface area contributed by atoms with Crippen molar-refractivity contribution in [3.05, 3.63) is 0 Å². The van der Waals surface area contributed by atoms with E-state index < -0.39 is 0 Å². The SMILES string of the molecule is CC1CCC(OC2C(C)CC(C3CC(C)C(OC4CCC(C)CC4)C(C)C3)CC2C)CC1. The molecule has 0 radical (unpaired) electrons. The largest absolute Gasteiger partial charge is 0.374 e. The summed E-state index contributed by atoms with van der Waals surface area (Å²) in [5.41, 5.74) is 0. The average Bonchev–Trinajstić information content (AvgIpc) is 2.75. The van der Waals surface area contributed by atoms with Gasteiger partial charge in [0.2, 0.25) is 0 Å². The second-order valence-corrected chi connectivity index (χ2v) is 13.3. The zero-order valence-corrected chi connectivity index (χ0v) is 22.2. The Morgan fingerprint density at radius 2 is 0.688 bits per heavy atom. The first kappa shape index (κ1) is 25.0. The molecule has 0 aliphatic heterocycles. The third-order valence-electron chi connectivity index (χ3n) is 10.2. The lowest BCUT2D eigenvalue weighted by atomic mass is 9.63. The quantitative estimate of drug-likeness (QED) is 0.423. The summed E-state index contributed by atoms with van der Waals surface area (Å²) in [5, 5.41) is 0. The van der Waals surface area contributed by atoms with E-state index in [9.17, 15) is 0 Å². The van der Waals surface area contributed by atoms with Crippen molar-refractivity contribution in [2.45, 2.75) is 143 Å². The van der Waals surface area contributed by atoms with Gasteiger partial charge in [-0.1, -0.05) is 41.5 Å². The lowest BCUT2D eigenvalue weighted by Crippen LogP contribution is -2.45. The first-order valence-electron chi connectivity index (χ1n) is 14.6. The van der Waals surface area contributed by atoms with Crippen molar-refractivity contribution in [1.82, 2.24) is 0 Å². The molecule has 0 heterocycles. The molecule has 4 atom stereocenters. The molecule has 0 aromatic rings. The first-order chi connectivity index (χ1) is 15.3. The van der Waals surface area contributed by atoms with Gasteiger partial charge in [0.05, 0.1) is 24.4 Å². The topological polar surface area (TPSA) is 18.5 Å². The van der Waals surface area contributed by atoms with Gasteiger partial charge in [-0.3, -0.25) is 0 Å². The van der Waals surface area contributed by atoms with Crippen LogP contribution in [-0.4, -0.2) is 24.4 Å². The molecule has 2 nitrogen and oxygen atoms in total. The average molecular weight is 447 g/mol. The molecule has 186 valence electrons. The van der Waals surface area contributed by atoms with Crippen molar-refractivity contribution < 1.29 is 9.47 Å². The predicted octanol–water partition coefficient (Wildman–Crippen LogP) is 8.28. The highest BCUT2D eigenvalue weighted by Crippen LogP contribution is 2.47. The molecule has 4 saturated carbocycles. The van der Waals surface area contributed by atoms with Gasteiger partial charge in [-0.05, 0) is 124 Å². The van der Waals surface area contributed by atoms with E-state index in [-0.39, 0.29) is 0 Å². The Balaban J connectivity index is 1.27. The molecule has 0 N–H and O–H groups in total. The number of ether oxygens (including phenoxy) is 2. The predicted molar refractivity (Wildman–Crippen MR) is 135 cm³/mol. The molecule has 32 heavy (non-hydrogen) atoms. The molecular formula is C30H54O2. The van der Waals surface area contributed by atoms with Crippen LogP contribution in [0.3, 0.4) is 0 Å². The molecule has 4 aliphatic carbocycles. The first-order valence-corrected chi connectivity index (χ1v) is 14.6. The molecule has 2 heteroatoms. The third-order valence-corrected chi connectivity index (χ3v) is 10.2. The molecule has 0 saturated heterocycles. The van der Waals surface area contributed by atoms with E-state index >= 15 is 0 Å². The summed E-state index contributed by atoms with van der Waals surface area (Å²) in [6, 6.07) is 0. The molecule has 0 bridgehead atoms. The van der Waals surface area contributed by atoms with Gasteiger partial charge >= 0.3 is 0 Å². The van der Waals surface area contributed by atoms with Gasteiger partial charge in [0.1, 0.15) is 0 Å². The maximum absolute atomic E-state index is 6.77. The molecular weight excluding hydrogens is 392 g/mol. The second-order valence-electron chi connectivity index (χ2n) is 13.3. The fraction of sp³-hybridized carbons (Fsp3) is 1.00. The molecule has 4 unspecified atom stereocenters. The van der Waals surface area contributed by atoms with Crippen LogP contribution in [0.4, 0.5) is 0 Å². The Hall–Kier alpha value is -0.0800. The van der Waals surface area contributed by atoms with Crippen LogP contribution in [0.25, 0.3) is 0 Å². The number of hydrogen-bond donors (Lipinski definition) is 0. The normalized spacial score (nSPS) is 50.8. The van der Waals surface area contributed by atoms with Crippen LogP contribution in [0, 0.1) is 47.3 Å². The monoisotopic (exact) mass is 446 g/mol. The summed E-state index contributed by atoms with van der Waals surface area (Å²) in [4.78, 5) is 0. The van der Waals surface area contributed by atoms with Crippen LogP contribution in [0.2, 0.25) is 0 Å². The van der Waals surface area contributed by atoms with Gasteiger partial charge in [-0.15, -0.1) is 0 Å². The van der Waals surface area contributed by atoms with Gasteiger partial charge in [0.15, 0.2) is 0 Å². The highest BCUT2D eigenvalue weighted by atomic mass is 16.5. The Bertz CT molecular complexity index is 485. The molecule has 4 rings (SSSR count). The van der Waals surface area contributed by atoms with Gasteiger partial charge in [0.25, 0.3) is 0 Å². The summed E-state index contributed by atoms with van der Waals surface area (Å²) in [6.07, 6.45) is 18.2. The van der Waals surface area contributed by atoms with Crippen LogP contribution in [0.1, 0.15) is 119 Å². The van der Waals surface area contributed by atoms with E-state index in [2.05, 4.69) is 41.5 Å². The van der Waals surface area contributed by atoms with E-state index in [0.29, 0.717) is 48.1 Å². The van der Waals surface area contributed by atoms with Crippen molar-refractivity contribution in [2.24, 2.45) is 47.3 Å². The Labute approximate surface area is 200 Å². The summed E-state index contributed by atoms with van der Waals surface area (Å²) in [7, 11) is 0. The molecule has 4 fully saturated rings. The van der Waals surface area contributed by atoms with Crippen LogP contribution >= 0.6 is 0 Å². The Morgan fingerprint density at radius 3 is 0.969 bits per heavy atom. The zero-order chi connectivity index (χ0) is 22.8. The lowest BCUT2D eigenvalue weighted by molar-refractivity contribution is -0.126. The van der Waals surface area contributed by atoms with E-state index in [1.54, 1.807) is 0 Å². The van der Waals surface area contributed by atoms with Gasteiger partial charge in [-0.2, -0.15) is 0 Å².